The van der Waals surface area contributed by atoms with Gasteiger partial charge in [0.25, 0.3) is 0 Å². The molecule has 58 valence electrons. The van der Waals surface area contributed by atoms with E-state index in [1.165, 1.54) is 4.90 Å². The molecule has 0 amide bonds. The Morgan fingerprint density at radius 3 is 2.00 bits per heavy atom. The van der Waals surface area contributed by atoms with E-state index in [9.17, 15) is 0 Å². The fourth-order valence-electron chi connectivity index (χ4n) is 0.854. The average Bonchev–Trinajstić information content (AvgIpc) is 1.90. The van der Waals surface area contributed by atoms with Crippen LogP contribution in [0.25, 0.3) is 0 Å². The van der Waals surface area contributed by atoms with Gasteiger partial charge in [-0.1, -0.05) is 13.2 Å². The first kappa shape index (κ1) is 9.40. The molecule has 0 heterocycles. The molecule has 0 spiro atoms. The SMILES string of the molecule is C=CC[NH+](CC=C)CCO. The molecule has 10 heavy (non-hydrogen) atoms. The van der Waals surface area contributed by atoms with Gasteiger partial charge < -0.3 is 10.0 Å². The summed E-state index contributed by atoms with van der Waals surface area (Å²) < 4.78 is 0. The molecular weight excluding hydrogens is 126 g/mol. The molecule has 0 rings (SSSR count). The molecule has 0 aliphatic heterocycles. The molecule has 0 bridgehead atoms. The molecule has 0 aromatic carbocycles. The van der Waals surface area contributed by atoms with Gasteiger partial charge in [0, 0.05) is 0 Å². The van der Waals surface area contributed by atoms with Crippen molar-refractivity contribution in [3.63, 3.8) is 0 Å². The minimum absolute atomic E-state index is 0.233. The summed E-state index contributed by atoms with van der Waals surface area (Å²) in [5, 5.41) is 8.60. The molecule has 0 aromatic rings. The Bertz CT molecular complexity index is 91.4. The van der Waals surface area contributed by atoms with E-state index < -0.39 is 0 Å². The highest BCUT2D eigenvalue weighted by atomic mass is 16.3. The lowest BCUT2D eigenvalue weighted by molar-refractivity contribution is -0.888. The second-order valence-electron chi connectivity index (χ2n) is 2.21. The zero-order valence-corrected chi connectivity index (χ0v) is 6.34. The summed E-state index contributed by atoms with van der Waals surface area (Å²) in [6.07, 6.45) is 3.71. The largest absolute Gasteiger partial charge is 0.391 e. The predicted molar refractivity (Wildman–Crippen MR) is 43.0 cm³/mol. The van der Waals surface area contributed by atoms with Crippen LogP contribution in [-0.2, 0) is 0 Å². The highest BCUT2D eigenvalue weighted by Crippen LogP contribution is 1.57. The summed E-state index contributed by atoms with van der Waals surface area (Å²) in [7, 11) is 0. The second-order valence-corrected chi connectivity index (χ2v) is 2.21. The summed E-state index contributed by atoms with van der Waals surface area (Å²) in [6, 6.07) is 0. The lowest BCUT2D eigenvalue weighted by Crippen LogP contribution is -3.12. The molecule has 0 atom stereocenters. The summed E-state index contributed by atoms with van der Waals surface area (Å²) in [5.74, 6) is 0. The molecule has 0 saturated heterocycles. The van der Waals surface area contributed by atoms with E-state index in [0.717, 1.165) is 19.6 Å². The minimum atomic E-state index is 0.233. The molecule has 2 nitrogen and oxygen atoms in total. The molecule has 0 radical (unpaired) electrons. The Hall–Kier alpha value is -0.600. The molecule has 0 aliphatic carbocycles. The van der Waals surface area contributed by atoms with Crippen LogP contribution < -0.4 is 4.90 Å². The van der Waals surface area contributed by atoms with E-state index in [1.54, 1.807) is 0 Å². The van der Waals surface area contributed by atoms with E-state index in [0.29, 0.717) is 0 Å². The van der Waals surface area contributed by atoms with Crippen LogP contribution in [0, 0.1) is 0 Å². The second kappa shape index (κ2) is 6.52. The fraction of sp³-hybridized carbons (Fsp3) is 0.500. The molecule has 0 saturated carbocycles. The third-order valence-corrected chi connectivity index (χ3v) is 1.33. The van der Waals surface area contributed by atoms with Crippen LogP contribution in [0.4, 0.5) is 0 Å². The van der Waals surface area contributed by atoms with Gasteiger partial charge in [0.2, 0.25) is 0 Å². The molecule has 2 heteroatoms. The van der Waals surface area contributed by atoms with Gasteiger partial charge in [-0.15, -0.1) is 0 Å². The lowest BCUT2D eigenvalue weighted by atomic mass is 10.4. The van der Waals surface area contributed by atoms with E-state index >= 15 is 0 Å². The van der Waals surface area contributed by atoms with Crippen LogP contribution in [0.3, 0.4) is 0 Å². The average molecular weight is 142 g/mol. The summed E-state index contributed by atoms with van der Waals surface area (Å²) in [5.41, 5.74) is 0. The monoisotopic (exact) mass is 142 g/mol. The third kappa shape index (κ3) is 4.30. The number of rotatable bonds is 6. The van der Waals surface area contributed by atoms with Crippen molar-refractivity contribution in [2.24, 2.45) is 0 Å². The molecular formula is C8H16NO+. The maximum Gasteiger partial charge on any atom is 0.101 e. The zero-order chi connectivity index (χ0) is 7.82. The first-order valence-corrected chi connectivity index (χ1v) is 3.51. The predicted octanol–water partition coefficient (Wildman–Crippen LogP) is -0.764. The van der Waals surface area contributed by atoms with Crippen LogP contribution in [0.2, 0.25) is 0 Å². The van der Waals surface area contributed by atoms with Crippen LogP contribution in [0.5, 0.6) is 0 Å². The highest BCUT2D eigenvalue weighted by molar-refractivity contribution is 4.67. The highest BCUT2D eigenvalue weighted by Gasteiger charge is 2.00. The number of nitrogens with one attached hydrogen (secondary N) is 1. The first-order valence-electron chi connectivity index (χ1n) is 3.51. The number of hydrogen-bond donors (Lipinski definition) is 2. The Morgan fingerprint density at radius 2 is 1.70 bits per heavy atom. The Kier molecular flexibility index (Phi) is 6.13. The maximum atomic E-state index is 8.60. The zero-order valence-electron chi connectivity index (χ0n) is 6.34. The van der Waals surface area contributed by atoms with Crippen LogP contribution in [-0.4, -0.2) is 31.3 Å². The Balaban J connectivity index is 3.48. The number of aliphatic hydroxyl groups excluding tert-OH is 1. The smallest absolute Gasteiger partial charge is 0.101 e. The number of aliphatic hydroxyl groups is 1. The van der Waals surface area contributed by atoms with Gasteiger partial charge in [0.1, 0.15) is 6.54 Å². The fourth-order valence-corrected chi connectivity index (χ4v) is 0.854. The lowest BCUT2D eigenvalue weighted by Gasteiger charge is -2.13. The molecule has 0 aliphatic rings. The van der Waals surface area contributed by atoms with Gasteiger partial charge in [-0.25, -0.2) is 0 Å². The van der Waals surface area contributed by atoms with Crippen molar-refractivity contribution in [3.05, 3.63) is 25.3 Å². The van der Waals surface area contributed by atoms with E-state index in [2.05, 4.69) is 13.2 Å². The standard InChI is InChI=1S/C8H15NO/c1-3-5-9(6-4-2)7-8-10/h3-4,10H,1-2,5-8H2/p+1. The van der Waals surface area contributed by atoms with Crippen molar-refractivity contribution in [2.75, 3.05) is 26.2 Å². The third-order valence-electron chi connectivity index (χ3n) is 1.33. The number of quaternary nitrogens is 1. The molecule has 2 N–H and O–H groups in total. The van der Waals surface area contributed by atoms with Crippen molar-refractivity contribution in [3.8, 4) is 0 Å². The van der Waals surface area contributed by atoms with Crippen LogP contribution in [0.1, 0.15) is 0 Å². The van der Waals surface area contributed by atoms with Gasteiger partial charge in [0.15, 0.2) is 0 Å². The van der Waals surface area contributed by atoms with Crippen molar-refractivity contribution < 1.29 is 10.0 Å². The van der Waals surface area contributed by atoms with E-state index in [1.807, 2.05) is 12.2 Å². The van der Waals surface area contributed by atoms with Gasteiger partial charge in [0.05, 0.1) is 19.7 Å². The maximum absolute atomic E-state index is 8.60. The van der Waals surface area contributed by atoms with Gasteiger partial charge in [-0.05, 0) is 12.2 Å². The molecule has 0 fully saturated rings. The summed E-state index contributed by atoms with van der Waals surface area (Å²) in [4.78, 5) is 1.30. The molecule has 0 unspecified atom stereocenters. The summed E-state index contributed by atoms with van der Waals surface area (Å²) >= 11 is 0. The van der Waals surface area contributed by atoms with E-state index in [4.69, 9.17) is 5.11 Å². The quantitative estimate of drug-likeness (QED) is 0.468. The van der Waals surface area contributed by atoms with Crippen molar-refractivity contribution >= 4 is 0 Å². The topological polar surface area (TPSA) is 24.7 Å². The molecule has 0 aromatic heterocycles. The first-order chi connectivity index (χ1) is 4.85. The van der Waals surface area contributed by atoms with Crippen LogP contribution >= 0.6 is 0 Å². The Morgan fingerprint density at radius 1 is 1.20 bits per heavy atom. The Labute approximate surface area is 62.5 Å². The van der Waals surface area contributed by atoms with Crippen molar-refractivity contribution in [2.45, 2.75) is 0 Å². The van der Waals surface area contributed by atoms with Gasteiger partial charge >= 0.3 is 0 Å². The van der Waals surface area contributed by atoms with Gasteiger partial charge in [-0.3, -0.25) is 0 Å². The van der Waals surface area contributed by atoms with Crippen LogP contribution in [0.15, 0.2) is 25.3 Å². The van der Waals surface area contributed by atoms with Gasteiger partial charge in [-0.2, -0.15) is 0 Å². The summed E-state index contributed by atoms with van der Waals surface area (Å²) in [6.45, 7) is 10.1. The van der Waals surface area contributed by atoms with E-state index in [-0.39, 0.29) is 6.61 Å². The van der Waals surface area contributed by atoms with Crippen molar-refractivity contribution in [1.82, 2.24) is 0 Å². The van der Waals surface area contributed by atoms with Crippen molar-refractivity contribution in [1.29, 1.82) is 0 Å². The minimum Gasteiger partial charge on any atom is -0.391 e. The number of hydrogen-bond acceptors (Lipinski definition) is 1. The normalized spacial score (nSPS) is 9.80.